The first-order chi connectivity index (χ1) is 18.1. The summed E-state index contributed by atoms with van der Waals surface area (Å²) < 4.78 is 16.0. The molecule has 2 heterocycles. The average Bonchev–Trinajstić information content (AvgIpc) is 2.97. The highest BCUT2D eigenvalue weighted by molar-refractivity contribution is 6.08. The molecule has 5 rings (SSSR count). The summed E-state index contributed by atoms with van der Waals surface area (Å²) in [5.41, 5.74) is 2.31. The van der Waals surface area contributed by atoms with Gasteiger partial charge in [-0.05, 0) is 60.0 Å². The molecule has 1 N–H and O–H groups in total. The smallest absolute Gasteiger partial charge is 0.255 e. The summed E-state index contributed by atoms with van der Waals surface area (Å²) in [6, 6.07) is 21.1. The lowest BCUT2D eigenvalue weighted by atomic mass is 10.1. The van der Waals surface area contributed by atoms with Gasteiger partial charge < -0.3 is 29.3 Å². The number of piperazine rings is 1. The molecule has 1 aliphatic heterocycles. The van der Waals surface area contributed by atoms with E-state index in [2.05, 4.69) is 27.2 Å². The zero-order chi connectivity index (χ0) is 25.8. The molecule has 0 bridgehead atoms. The molecule has 1 aliphatic rings. The normalized spacial score (nSPS) is 13.4. The highest BCUT2D eigenvalue weighted by Crippen LogP contribution is 2.31. The van der Waals surface area contributed by atoms with E-state index in [1.165, 1.54) is 5.69 Å². The number of nitrogens with zero attached hydrogens (tertiary/aromatic N) is 3. The molecule has 0 atom stereocenters. The zero-order valence-electron chi connectivity index (χ0n) is 21.2. The number of carbonyl (C=O) groups excluding carboxylic acids is 1. The van der Waals surface area contributed by atoms with Crippen LogP contribution in [0.1, 0.15) is 10.4 Å². The molecular weight excluding hydrogens is 468 g/mol. The number of nitrogens with one attached hydrogen (secondary N) is 1. The summed E-state index contributed by atoms with van der Waals surface area (Å²) in [7, 11) is 4.83. The quantitative estimate of drug-likeness (QED) is 0.391. The van der Waals surface area contributed by atoms with Crippen LogP contribution in [0.3, 0.4) is 0 Å². The van der Waals surface area contributed by atoms with Crippen LogP contribution in [0.25, 0.3) is 10.8 Å². The van der Waals surface area contributed by atoms with Gasteiger partial charge in [0.05, 0.1) is 27.0 Å². The van der Waals surface area contributed by atoms with Crippen molar-refractivity contribution in [1.82, 2.24) is 4.98 Å². The van der Waals surface area contributed by atoms with Gasteiger partial charge in [-0.1, -0.05) is 6.07 Å². The Kier molecular flexibility index (Phi) is 6.98. The van der Waals surface area contributed by atoms with E-state index < -0.39 is 0 Å². The first kappa shape index (κ1) is 24.2. The first-order valence-corrected chi connectivity index (χ1v) is 12.2. The largest absolute Gasteiger partial charge is 0.497 e. The molecule has 8 nitrogen and oxygen atoms in total. The van der Waals surface area contributed by atoms with Crippen LogP contribution in [0, 0.1) is 0 Å². The highest BCUT2D eigenvalue weighted by atomic mass is 16.5. The first-order valence-electron chi connectivity index (χ1n) is 12.2. The molecule has 0 radical (unpaired) electrons. The number of methoxy groups -OCH3 is 3. The number of rotatable bonds is 7. The summed E-state index contributed by atoms with van der Waals surface area (Å²) >= 11 is 0. The van der Waals surface area contributed by atoms with Crippen molar-refractivity contribution in [2.24, 2.45) is 0 Å². The van der Waals surface area contributed by atoms with Gasteiger partial charge in [0.25, 0.3) is 5.91 Å². The SMILES string of the molecule is COc1ccc(N2CCN(c3nccc4ccc(C(=O)Nc5ccc(OC)cc5OC)cc34)CC2)cc1. The molecule has 0 unspecified atom stereocenters. The number of anilines is 3. The number of hydrogen-bond acceptors (Lipinski definition) is 7. The van der Waals surface area contributed by atoms with Crippen LogP contribution in [0.5, 0.6) is 17.2 Å². The van der Waals surface area contributed by atoms with Gasteiger partial charge in [0.15, 0.2) is 0 Å². The van der Waals surface area contributed by atoms with Gasteiger partial charge in [0, 0.05) is 55.1 Å². The lowest BCUT2D eigenvalue weighted by Gasteiger charge is -2.37. The zero-order valence-corrected chi connectivity index (χ0v) is 21.2. The monoisotopic (exact) mass is 498 g/mol. The van der Waals surface area contributed by atoms with Crippen LogP contribution in [0.2, 0.25) is 0 Å². The van der Waals surface area contributed by atoms with Crippen LogP contribution in [0.4, 0.5) is 17.2 Å². The van der Waals surface area contributed by atoms with Crippen molar-refractivity contribution in [3.05, 3.63) is 78.5 Å². The Morgan fingerprint density at radius 3 is 2.19 bits per heavy atom. The Morgan fingerprint density at radius 2 is 1.49 bits per heavy atom. The van der Waals surface area contributed by atoms with Crippen LogP contribution in [-0.2, 0) is 0 Å². The van der Waals surface area contributed by atoms with Gasteiger partial charge in [0.1, 0.15) is 23.1 Å². The van der Waals surface area contributed by atoms with Crippen LogP contribution < -0.4 is 29.3 Å². The molecule has 0 saturated carbocycles. The second-order valence-corrected chi connectivity index (χ2v) is 8.76. The second-order valence-electron chi connectivity index (χ2n) is 8.76. The van der Waals surface area contributed by atoms with Crippen molar-refractivity contribution >= 4 is 33.9 Å². The predicted molar refractivity (Wildman–Crippen MR) is 147 cm³/mol. The molecule has 1 fully saturated rings. The maximum Gasteiger partial charge on any atom is 0.255 e. The molecule has 37 heavy (non-hydrogen) atoms. The number of pyridine rings is 1. The molecule has 0 aliphatic carbocycles. The van der Waals surface area contributed by atoms with E-state index in [0.29, 0.717) is 22.7 Å². The Labute approximate surface area is 216 Å². The van der Waals surface area contributed by atoms with Gasteiger partial charge in [-0.2, -0.15) is 0 Å². The number of carbonyl (C=O) groups is 1. The summed E-state index contributed by atoms with van der Waals surface area (Å²) in [4.78, 5) is 22.5. The number of aromatic nitrogens is 1. The lowest BCUT2D eigenvalue weighted by molar-refractivity contribution is 0.102. The predicted octanol–water partition coefficient (Wildman–Crippen LogP) is 4.84. The van der Waals surface area contributed by atoms with Crippen molar-refractivity contribution in [3.8, 4) is 17.2 Å². The summed E-state index contributed by atoms with van der Waals surface area (Å²) in [6.07, 6.45) is 1.83. The Bertz CT molecular complexity index is 1400. The fraction of sp³-hybridized carbons (Fsp3) is 0.241. The minimum atomic E-state index is -0.218. The minimum absolute atomic E-state index is 0.218. The van der Waals surface area contributed by atoms with Gasteiger partial charge in [-0.15, -0.1) is 0 Å². The Hall–Kier alpha value is -4.46. The minimum Gasteiger partial charge on any atom is -0.497 e. The molecule has 8 heteroatoms. The van der Waals surface area contributed by atoms with Crippen LogP contribution in [-0.4, -0.2) is 58.4 Å². The molecule has 4 aromatic rings. The molecule has 1 saturated heterocycles. The number of benzene rings is 3. The topological polar surface area (TPSA) is 76.2 Å². The summed E-state index contributed by atoms with van der Waals surface area (Å²) in [5.74, 6) is 2.72. The second kappa shape index (κ2) is 10.7. The van der Waals surface area contributed by atoms with E-state index in [9.17, 15) is 4.79 Å². The number of fused-ring (bicyclic) bond motifs is 1. The molecular formula is C29H30N4O4. The molecule has 190 valence electrons. The van der Waals surface area contributed by atoms with E-state index >= 15 is 0 Å². The van der Waals surface area contributed by atoms with E-state index in [-0.39, 0.29) is 5.91 Å². The number of hydrogen-bond donors (Lipinski definition) is 1. The molecule has 0 spiro atoms. The van der Waals surface area contributed by atoms with Crippen LogP contribution >= 0.6 is 0 Å². The third-order valence-electron chi connectivity index (χ3n) is 6.68. The van der Waals surface area contributed by atoms with Crippen molar-refractivity contribution in [2.45, 2.75) is 0 Å². The Balaban J connectivity index is 1.35. The highest BCUT2D eigenvalue weighted by Gasteiger charge is 2.21. The fourth-order valence-electron chi connectivity index (χ4n) is 4.61. The van der Waals surface area contributed by atoms with E-state index in [1.54, 1.807) is 39.5 Å². The van der Waals surface area contributed by atoms with E-state index in [0.717, 1.165) is 48.5 Å². The third kappa shape index (κ3) is 5.09. The van der Waals surface area contributed by atoms with Crippen molar-refractivity contribution < 1.29 is 19.0 Å². The number of amides is 1. The molecule has 1 aromatic heterocycles. The van der Waals surface area contributed by atoms with E-state index in [1.807, 2.05) is 42.6 Å². The summed E-state index contributed by atoms with van der Waals surface area (Å²) in [6.45, 7) is 3.42. The number of ether oxygens (including phenoxy) is 3. The average molecular weight is 499 g/mol. The maximum absolute atomic E-state index is 13.2. The van der Waals surface area contributed by atoms with Crippen molar-refractivity contribution in [3.63, 3.8) is 0 Å². The van der Waals surface area contributed by atoms with Gasteiger partial charge in [-0.25, -0.2) is 4.98 Å². The van der Waals surface area contributed by atoms with Crippen LogP contribution in [0.15, 0.2) is 72.9 Å². The Morgan fingerprint density at radius 1 is 0.784 bits per heavy atom. The van der Waals surface area contributed by atoms with Gasteiger partial charge in [-0.3, -0.25) is 4.79 Å². The van der Waals surface area contributed by atoms with E-state index in [4.69, 9.17) is 19.2 Å². The maximum atomic E-state index is 13.2. The molecule has 3 aromatic carbocycles. The van der Waals surface area contributed by atoms with Crippen molar-refractivity contribution in [1.29, 1.82) is 0 Å². The summed E-state index contributed by atoms with van der Waals surface area (Å²) in [5, 5.41) is 4.95. The van der Waals surface area contributed by atoms with Crippen molar-refractivity contribution in [2.75, 3.05) is 62.6 Å². The fourth-order valence-corrected chi connectivity index (χ4v) is 4.61. The standard InChI is InChI=1S/C29H30N4O4/c1-35-23-8-6-22(7-9-23)32-14-16-33(17-15-32)28-25-18-21(5-4-20(25)12-13-30-28)29(34)31-26-11-10-24(36-2)19-27(26)37-3/h4-13,18-19H,14-17H2,1-3H3,(H,31,34). The third-order valence-corrected chi connectivity index (χ3v) is 6.68. The molecule has 1 amide bonds. The van der Waals surface area contributed by atoms with Gasteiger partial charge in [0.2, 0.25) is 0 Å². The van der Waals surface area contributed by atoms with Gasteiger partial charge >= 0.3 is 0 Å². The lowest BCUT2D eigenvalue weighted by Crippen LogP contribution is -2.46.